The number of nitrogens with two attached hydrogens (primary N) is 1. The second kappa shape index (κ2) is 5.16. The van der Waals surface area contributed by atoms with E-state index in [-0.39, 0.29) is 5.91 Å². The summed E-state index contributed by atoms with van der Waals surface area (Å²) in [6.45, 7) is 2.76. The molecule has 0 unspecified atom stereocenters. The summed E-state index contributed by atoms with van der Waals surface area (Å²) >= 11 is 0. The Bertz CT molecular complexity index is 267. The molecule has 1 aliphatic heterocycles. The van der Waals surface area contributed by atoms with E-state index in [0.717, 1.165) is 25.1 Å². The van der Waals surface area contributed by atoms with E-state index >= 15 is 0 Å². The molecule has 2 heterocycles. The van der Waals surface area contributed by atoms with Crippen LogP contribution >= 0.6 is 0 Å². The summed E-state index contributed by atoms with van der Waals surface area (Å²) in [5.74, 6) is 0.672. The molecule has 14 heavy (non-hydrogen) atoms. The summed E-state index contributed by atoms with van der Waals surface area (Å²) in [5, 5.41) is 9.99. The Morgan fingerprint density at radius 1 is 1.43 bits per heavy atom. The first-order valence-corrected chi connectivity index (χ1v) is 4.51. The molecule has 0 saturated carbocycles. The standard InChI is InChI=1S/C5H7N3.C4H7NO/c1-4-2-3-5(6)8-7-4;6-4-2-1-3-5-4/h2-3H,1H3,(H2,6,8);1-3H2,(H,5,6). The van der Waals surface area contributed by atoms with E-state index in [9.17, 15) is 4.79 Å². The Kier molecular flexibility index (Phi) is 3.84. The van der Waals surface area contributed by atoms with E-state index in [1.54, 1.807) is 6.07 Å². The van der Waals surface area contributed by atoms with Gasteiger partial charge < -0.3 is 11.1 Å². The van der Waals surface area contributed by atoms with Crippen molar-refractivity contribution >= 4 is 11.7 Å². The number of nitrogens with one attached hydrogen (secondary N) is 1. The van der Waals surface area contributed by atoms with Crippen LogP contribution in [-0.4, -0.2) is 22.6 Å². The van der Waals surface area contributed by atoms with Crippen molar-refractivity contribution in [3.05, 3.63) is 17.8 Å². The van der Waals surface area contributed by atoms with Gasteiger partial charge in [0.05, 0.1) is 5.69 Å². The summed E-state index contributed by atoms with van der Waals surface area (Å²) in [5.41, 5.74) is 6.14. The second-order valence-electron chi connectivity index (χ2n) is 3.05. The van der Waals surface area contributed by atoms with Gasteiger partial charge in [-0.25, -0.2) is 0 Å². The summed E-state index contributed by atoms with van der Waals surface area (Å²) in [6, 6.07) is 3.55. The van der Waals surface area contributed by atoms with Crippen LogP contribution in [0.3, 0.4) is 0 Å². The highest BCUT2D eigenvalue weighted by atomic mass is 16.1. The van der Waals surface area contributed by atoms with Crippen molar-refractivity contribution in [2.24, 2.45) is 0 Å². The molecule has 1 aliphatic rings. The molecule has 0 bridgehead atoms. The Morgan fingerprint density at radius 3 is 2.50 bits per heavy atom. The molecule has 0 aromatic carbocycles. The van der Waals surface area contributed by atoms with E-state index < -0.39 is 0 Å². The highest BCUT2D eigenvalue weighted by molar-refractivity contribution is 5.77. The Hall–Kier alpha value is -1.65. The molecule has 1 aromatic rings. The minimum absolute atomic E-state index is 0.204. The van der Waals surface area contributed by atoms with Crippen LogP contribution in [0.4, 0.5) is 5.82 Å². The van der Waals surface area contributed by atoms with E-state index in [1.165, 1.54) is 0 Å². The van der Waals surface area contributed by atoms with Crippen LogP contribution in [0.1, 0.15) is 18.5 Å². The Balaban J connectivity index is 0.000000146. The molecule has 1 saturated heterocycles. The highest BCUT2D eigenvalue weighted by Crippen LogP contribution is 1.93. The van der Waals surface area contributed by atoms with Crippen LogP contribution in [0.5, 0.6) is 0 Å². The van der Waals surface area contributed by atoms with Crippen LogP contribution in [0.25, 0.3) is 0 Å². The van der Waals surface area contributed by atoms with E-state index in [1.807, 2.05) is 13.0 Å². The van der Waals surface area contributed by atoms with Gasteiger partial charge in [-0.3, -0.25) is 4.79 Å². The number of amides is 1. The van der Waals surface area contributed by atoms with Crippen molar-refractivity contribution in [1.29, 1.82) is 0 Å². The molecule has 0 atom stereocenters. The van der Waals surface area contributed by atoms with Gasteiger partial charge in [-0.2, -0.15) is 5.10 Å². The molecule has 0 aliphatic carbocycles. The zero-order chi connectivity index (χ0) is 10.4. The molecule has 0 spiro atoms. The highest BCUT2D eigenvalue weighted by Gasteiger charge is 2.05. The molecule has 1 fully saturated rings. The van der Waals surface area contributed by atoms with Crippen molar-refractivity contribution in [3.63, 3.8) is 0 Å². The number of carbonyl (C=O) groups is 1. The third kappa shape index (κ3) is 3.84. The number of aromatic nitrogens is 2. The number of anilines is 1. The van der Waals surface area contributed by atoms with Crippen molar-refractivity contribution in [2.45, 2.75) is 19.8 Å². The lowest BCUT2D eigenvalue weighted by atomic mass is 10.4. The topological polar surface area (TPSA) is 80.9 Å². The first kappa shape index (κ1) is 10.4. The predicted octanol–water partition coefficient (Wildman–Crippen LogP) is 0.264. The van der Waals surface area contributed by atoms with Crippen molar-refractivity contribution in [1.82, 2.24) is 15.5 Å². The van der Waals surface area contributed by atoms with E-state index in [2.05, 4.69) is 15.5 Å². The first-order valence-electron chi connectivity index (χ1n) is 4.51. The minimum Gasteiger partial charge on any atom is -0.382 e. The van der Waals surface area contributed by atoms with Gasteiger partial charge in [0.2, 0.25) is 5.91 Å². The SMILES string of the molecule is Cc1ccc(N)nn1.O=C1CCCN1. The predicted molar refractivity (Wildman–Crippen MR) is 53.4 cm³/mol. The lowest BCUT2D eigenvalue weighted by molar-refractivity contribution is -0.119. The van der Waals surface area contributed by atoms with Crippen molar-refractivity contribution in [2.75, 3.05) is 12.3 Å². The molecule has 76 valence electrons. The van der Waals surface area contributed by atoms with Gasteiger partial charge in [-0.15, -0.1) is 5.10 Å². The fourth-order valence-electron chi connectivity index (χ4n) is 0.974. The third-order valence-corrected chi connectivity index (χ3v) is 1.72. The zero-order valence-corrected chi connectivity index (χ0v) is 8.16. The quantitative estimate of drug-likeness (QED) is 0.621. The maximum Gasteiger partial charge on any atom is 0.220 e. The molecule has 2 rings (SSSR count). The second-order valence-corrected chi connectivity index (χ2v) is 3.05. The average molecular weight is 194 g/mol. The smallest absolute Gasteiger partial charge is 0.220 e. The van der Waals surface area contributed by atoms with Gasteiger partial charge >= 0.3 is 0 Å². The number of hydrogen-bond donors (Lipinski definition) is 2. The largest absolute Gasteiger partial charge is 0.382 e. The van der Waals surface area contributed by atoms with Gasteiger partial charge in [0.1, 0.15) is 5.82 Å². The molecule has 1 amide bonds. The van der Waals surface area contributed by atoms with Gasteiger partial charge in [0, 0.05) is 13.0 Å². The Morgan fingerprint density at radius 2 is 2.21 bits per heavy atom. The number of rotatable bonds is 0. The Labute approximate surface area is 82.7 Å². The van der Waals surface area contributed by atoms with Gasteiger partial charge in [0.25, 0.3) is 0 Å². The number of nitrogens with zero attached hydrogens (tertiary/aromatic N) is 2. The van der Waals surface area contributed by atoms with Crippen LogP contribution in [-0.2, 0) is 4.79 Å². The normalized spacial score (nSPS) is 14.2. The van der Waals surface area contributed by atoms with Crippen molar-refractivity contribution in [3.8, 4) is 0 Å². The lowest BCUT2D eigenvalue weighted by Gasteiger charge is -1.87. The van der Waals surface area contributed by atoms with Gasteiger partial charge in [-0.1, -0.05) is 0 Å². The summed E-state index contributed by atoms with van der Waals surface area (Å²) < 4.78 is 0. The molecule has 3 N–H and O–H groups in total. The lowest BCUT2D eigenvalue weighted by Crippen LogP contribution is -2.12. The molecular weight excluding hydrogens is 180 g/mol. The fraction of sp³-hybridized carbons (Fsp3) is 0.444. The average Bonchev–Trinajstić information content (AvgIpc) is 2.63. The molecule has 5 nitrogen and oxygen atoms in total. The monoisotopic (exact) mass is 194 g/mol. The van der Waals surface area contributed by atoms with Crippen LogP contribution in [0.15, 0.2) is 12.1 Å². The molecular formula is C9H14N4O. The van der Waals surface area contributed by atoms with Gasteiger partial charge in [-0.05, 0) is 25.5 Å². The summed E-state index contributed by atoms with van der Waals surface area (Å²) in [6.07, 6.45) is 1.76. The summed E-state index contributed by atoms with van der Waals surface area (Å²) in [7, 11) is 0. The van der Waals surface area contributed by atoms with Crippen molar-refractivity contribution < 1.29 is 4.79 Å². The number of aryl methyl sites for hydroxylation is 1. The van der Waals surface area contributed by atoms with Gasteiger partial charge in [0.15, 0.2) is 0 Å². The number of hydrogen-bond acceptors (Lipinski definition) is 4. The maximum atomic E-state index is 10.1. The first-order chi connectivity index (χ1) is 6.68. The molecule has 0 radical (unpaired) electrons. The number of carbonyl (C=O) groups excluding carboxylic acids is 1. The third-order valence-electron chi connectivity index (χ3n) is 1.72. The van der Waals surface area contributed by atoms with E-state index in [0.29, 0.717) is 5.82 Å². The fourth-order valence-corrected chi connectivity index (χ4v) is 0.974. The molecule has 5 heteroatoms. The number of nitrogen functional groups attached to an aromatic ring is 1. The minimum atomic E-state index is 0.204. The van der Waals surface area contributed by atoms with E-state index in [4.69, 9.17) is 5.73 Å². The van der Waals surface area contributed by atoms with Crippen LogP contribution in [0.2, 0.25) is 0 Å². The maximum absolute atomic E-state index is 10.1. The summed E-state index contributed by atoms with van der Waals surface area (Å²) in [4.78, 5) is 10.1. The van der Waals surface area contributed by atoms with Crippen LogP contribution in [0, 0.1) is 6.92 Å². The molecule has 1 aromatic heterocycles. The van der Waals surface area contributed by atoms with Crippen LogP contribution < -0.4 is 11.1 Å². The zero-order valence-electron chi connectivity index (χ0n) is 8.16.